The molecule has 0 spiro atoms. The smallest absolute Gasteiger partial charge is 0.227 e. The van der Waals surface area contributed by atoms with E-state index in [0.29, 0.717) is 33.9 Å². The number of anilines is 1. The number of rotatable bonds is 5. The second-order valence-electron chi connectivity index (χ2n) is 5.19. The van der Waals surface area contributed by atoms with E-state index in [2.05, 4.69) is 38.0 Å². The van der Waals surface area contributed by atoms with E-state index in [1.54, 1.807) is 18.2 Å². The highest BCUT2D eigenvalue weighted by Gasteiger charge is 2.12. The van der Waals surface area contributed by atoms with Crippen molar-refractivity contribution in [3.63, 3.8) is 0 Å². The molecule has 25 heavy (non-hydrogen) atoms. The van der Waals surface area contributed by atoms with E-state index in [4.69, 9.17) is 27.7 Å². The Morgan fingerprint density at radius 2 is 1.92 bits per heavy atom. The number of carbonyl (C=O) groups is 1. The van der Waals surface area contributed by atoms with Crippen LogP contribution in [-0.4, -0.2) is 16.0 Å². The van der Waals surface area contributed by atoms with Crippen molar-refractivity contribution in [3.8, 4) is 11.4 Å². The van der Waals surface area contributed by atoms with Gasteiger partial charge in [-0.3, -0.25) is 4.79 Å². The number of aryl methyl sites for hydroxylation is 1. The van der Waals surface area contributed by atoms with E-state index in [9.17, 15) is 4.79 Å². The van der Waals surface area contributed by atoms with E-state index in [-0.39, 0.29) is 12.3 Å². The summed E-state index contributed by atoms with van der Waals surface area (Å²) >= 11 is 14.2. The van der Waals surface area contributed by atoms with E-state index in [0.717, 1.165) is 9.13 Å². The van der Waals surface area contributed by atoms with Gasteiger partial charge >= 0.3 is 0 Å². The van der Waals surface area contributed by atoms with E-state index >= 15 is 0 Å². The molecule has 0 fully saturated rings. The molecule has 0 unspecified atom stereocenters. The van der Waals surface area contributed by atoms with Crippen molar-refractivity contribution in [2.45, 2.75) is 12.8 Å². The summed E-state index contributed by atoms with van der Waals surface area (Å²) in [6.07, 6.45) is 0.526. The second kappa shape index (κ2) is 8.16. The number of hydrogen-bond acceptors (Lipinski definition) is 4. The number of carbonyl (C=O) groups excluding carboxylic acids is 1. The molecule has 8 heteroatoms. The molecule has 128 valence electrons. The van der Waals surface area contributed by atoms with Crippen LogP contribution in [0.3, 0.4) is 0 Å². The first-order valence-corrected chi connectivity index (χ1v) is 9.18. The maximum absolute atomic E-state index is 12.1. The third-order valence-corrected chi connectivity index (χ3v) is 4.62. The van der Waals surface area contributed by atoms with E-state index in [1.807, 2.05) is 24.3 Å². The lowest BCUT2D eigenvalue weighted by Crippen LogP contribution is -2.12. The first-order chi connectivity index (χ1) is 12.0. The van der Waals surface area contributed by atoms with Crippen molar-refractivity contribution in [3.05, 3.63) is 62.0 Å². The summed E-state index contributed by atoms with van der Waals surface area (Å²) in [5.41, 5.74) is 1.34. The molecule has 0 bridgehead atoms. The Bertz CT molecular complexity index is 897. The SMILES string of the molecule is O=C(CCc1nc(-c2ccc(I)cc2)no1)Nc1cc(Cl)ccc1Cl. The molecule has 0 saturated heterocycles. The highest BCUT2D eigenvalue weighted by molar-refractivity contribution is 14.1. The topological polar surface area (TPSA) is 68.0 Å². The molecule has 0 saturated carbocycles. The lowest BCUT2D eigenvalue weighted by atomic mass is 10.2. The Balaban J connectivity index is 1.59. The van der Waals surface area contributed by atoms with Crippen LogP contribution in [0.4, 0.5) is 5.69 Å². The number of hydrogen-bond donors (Lipinski definition) is 1. The molecular formula is C17H12Cl2IN3O2. The zero-order valence-electron chi connectivity index (χ0n) is 12.8. The predicted molar refractivity (Wildman–Crippen MR) is 106 cm³/mol. The second-order valence-corrected chi connectivity index (χ2v) is 7.28. The molecule has 1 heterocycles. The van der Waals surface area contributed by atoms with Crippen molar-refractivity contribution in [2.24, 2.45) is 0 Å². The van der Waals surface area contributed by atoms with Gasteiger partial charge in [-0.25, -0.2) is 0 Å². The van der Waals surface area contributed by atoms with Crippen LogP contribution in [0.15, 0.2) is 47.0 Å². The average molecular weight is 488 g/mol. The summed E-state index contributed by atoms with van der Waals surface area (Å²) in [4.78, 5) is 16.4. The Morgan fingerprint density at radius 1 is 1.16 bits per heavy atom. The van der Waals surface area contributed by atoms with Crippen LogP contribution in [-0.2, 0) is 11.2 Å². The zero-order chi connectivity index (χ0) is 17.8. The number of nitrogens with zero attached hydrogens (tertiary/aromatic N) is 2. The van der Waals surface area contributed by atoms with Gasteiger partial charge in [0.1, 0.15) is 0 Å². The Morgan fingerprint density at radius 3 is 2.68 bits per heavy atom. The number of halogens is 3. The van der Waals surface area contributed by atoms with Gasteiger partial charge in [0, 0.05) is 27.0 Å². The molecule has 2 aromatic carbocycles. The Kier molecular flexibility index (Phi) is 5.93. The van der Waals surface area contributed by atoms with Crippen molar-refractivity contribution in [1.29, 1.82) is 0 Å². The molecule has 1 amide bonds. The van der Waals surface area contributed by atoms with E-state index in [1.165, 1.54) is 0 Å². The summed E-state index contributed by atoms with van der Waals surface area (Å²) in [7, 11) is 0. The van der Waals surface area contributed by atoms with Crippen LogP contribution in [0.1, 0.15) is 12.3 Å². The van der Waals surface area contributed by atoms with Crippen molar-refractivity contribution in [1.82, 2.24) is 10.1 Å². The predicted octanol–water partition coefficient (Wildman–Crippen LogP) is 5.22. The highest BCUT2D eigenvalue weighted by atomic mass is 127. The Labute approximate surface area is 167 Å². The molecule has 5 nitrogen and oxygen atoms in total. The fraction of sp³-hybridized carbons (Fsp3) is 0.118. The quantitative estimate of drug-likeness (QED) is 0.501. The zero-order valence-corrected chi connectivity index (χ0v) is 16.5. The van der Waals surface area contributed by atoms with Gasteiger partial charge < -0.3 is 9.84 Å². The molecule has 0 radical (unpaired) electrons. The average Bonchev–Trinajstić information content (AvgIpc) is 3.06. The minimum Gasteiger partial charge on any atom is -0.339 e. The van der Waals surface area contributed by atoms with Gasteiger partial charge in [0.05, 0.1) is 10.7 Å². The number of nitrogens with one attached hydrogen (secondary N) is 1. The minimum atomic E-state index is -0.210. The normalized spacial score (nSPS) is 10.7. The molecule has 0 aliphatic carbocycles. The van der Waals surface area contributed by atoms with Crippen LogP contribution in [0.25, 0.3) is 11.4 Å². The van der Waals surface area contributed by atoms with Gasteiger partial charge in [0.15, 0.2) is 0 Å². The van der Waals surface area contributed by atoms with Crippen molar-refractivity contribution in [2.75, 3.05) is 5.32 Å². The minimum absolute atomic E-state index is 0.192. The third kappa shape index (κ3) is 4.93. The fourth-order valence-corrected chi connectivity index (χ4v) is 2.80. The van der Waals surface area contributed by atoms with Gasteiger partial charge in [-0.15, -0.1) is 0 Å². The van der Waals surface area contributed by atoms with Crippen LogP contribution in [0, 0.1) is 3.57 Å². The van der Waals surface area contributed by atoms with Crippen LogP contribution >= 0.6 is 45.8 Å². The maximum atomic E-state index is 12.1. The van der Waals surface area contributed by atoms with Gasteiger partial charge in [0.25, 0.3) is 0 Å². The summed E-state index contributed by atoms with van der Waals surface area (Å²) in [5.74, 6) is 0.698. The monoisotopic (exact) mass is 487 g/mol. The molecular weight excluding hydrogens is 476 g/mol. The molecule has 0 aliphatic heterocycles. The first-order valence-electron chi connectivity index (χ1n) is 7.35. The van der Waals surface area contributed by atoms with Crippen molar-refractivity contribution >= 4 is 57.4 Å². The number of amides is 1. The molecule has 1 N–H and O–H groups in total. The van der Waals surface area contributed by atoms with Crippen molar-refractivity contribution < 1.29 is 9.32 Å². The largest absolute Gasteiger partial charge is 0.339 e. The van der Waals surface area contributed by atoms with Crippen LogP contribution in [0.5, 0.6) is 0 Å². The third-order valence-electron chi connectivity index (χ3n) is 3.34. The summed E-state index contributed by atoms with van der Waals surface area (Å²) < 4.78 is 6.33. The van der Waals surface area contributed by atoms with Gasteiger partial charge in [-0.2, -0.15) is 4.98 Å². The summed E-state index contributed by atoms with van der Waals surface area (Å²) in [6.45, 7) is 0. The first kappa shape index (κ1) is 18.2. The van der Waals surface area contributed by atoms with Gasteiger partial charge in [-0.05, 0) is 52.9 Å². The number of aromatic nitrogens is 2. The molecule has 0 atom stereocenters. The standard InChI is InChI=1S/C17H12Cl2IN3O2/c18-11-3-6-13(19)14(9-11)21-15(24)7-8-16-22-17(23-25-16)10-1-4-12(20)5-2-10/h1-6,9H,7-8H2,(H,21,24). The number of benzene rings is 2. The highest BCUT2D eigenvalue weighted by Crippen LogP contribution is 2.25. The lowest BCUT2D eigenvalue weighted by molar-refractivity contribution is -0.116. The molecule has 3 aromatic rings. The lowest BCUT2D eigenvalue weighted by Gasteiger charge is -2.06. The van der Waals surface area contributed by atoms with Gasteiger partial charge in [0.2, 0.25) is 17.6 Å². The molecule has 3 rings (SSSR count). The molecule has 0 aliphatic rings. The maximum Gasteiger partial charge on any atom is 0.227 e. The molecule has 1 aromatic heterocycles. The summed E-state index contributed by atoms with van der Waals surface area (Å²) in [5, 5.41) is 7.59. The Hall–Kier alpha value is -1.64. The van der Waals surface area contributed by atoms with Crippen LogP contribution < -0.4 is 5.32 Å². The van der Waals surface area contributed by atoms with E-state index < -0.39 is 0 Å². The fourth-order valence-electron chi connectivity index (χ4n) is 2.10. The van der Waals surface area contributed by atoms with Gasteiger partial charge in [-0.1, -0.05) is 40.5 Å². The van der Waals surface area contributed by atoms with Crippen LogP contribution in [0.2, 0.25) is 10.0 Å². The summed E-state index contributed by atoms with van der Waals surface area (Å²) in [6, 6.07) is 12.7.